The zero-order valence-corrected chi connectivity index (χ0v) is 68.9. The molecule has 0 amide bonds. The average molecular weight is 1430 g/mol. The van der Waals surface area contributed by atoms with Gasteiger partial charge in [-0.1, -0.05) is 120 Å². The number of aliphatic hydroxyl groups is 4. The zero-order valence-electron chi connectivity index (χ0n) is 53.2. The second-order valence-corrected chi connectivity index (χ2v) is 67.2. The van der Waals surface area contributed by atoms with Crippen molar-refractivity contribution >= 4 is 136 Å². The van der Waals surface area contributed by atoms with Crippen molar-refractivity contribution in [3.05, 3.63) is 23.3 Å². The maximum absolute atomic E-state index is 12.6. The van der Waals surface area contributed by atoms with Gasteiger partial charge in [0.25, 0.3) is 0 Å². The fraction of sp³-hybridized carbons (Fsp3) is 0.895. The van der Waals surface area contributed by atoms with E-state index in [1.165, 1.54) is 5.57 Å². The van der Waals surface area contributed by atoms with Gasteiger partial charge in [0.1, 0.15) is 28.0 Å². The van der Waals surface area contributed by atoms with Gasteiger partial charge in [-0.3, -0.25) is 9.59 Å². The van der Waals surface area contributed by atoms with Gasteiger partial charge in [-0.15, -0.1) is 44.6 Å². The first-order valence-electron chi connectivity index (χ1n) is 30.2. The summed E-state index contributed by atoms with van der Waals surface area (Å²) in [5, 5.41) is 45.3. The fourth-order valence-corrected chi connectivity index (χ4v) is 90.2. The molecule has 11 nitrogen and oxygen atoms in total. The van der Waals surface area contributed by atoms with Crippen molar-refractivity contribution in [2.45, 2.75) is 250 Å². The van der Waals surface area contributed by atoms with Crippen LogP contribution in [-0.4, -0.2) is 105 Å². The molecule has 0 aromatic rings. The Morgan fingerprint density at radius 3 is 1.75 bits per heavy atom. The first-order chi connectivity index (χ1) is 38.0. The number of rotatable bonds is 10. The van der Waals surface area contributed by atoms with Crippen LogP contribution in [0.5, 0.6) is 0 Å². The van der Waals surface area contributed by atoms with Crippen molar-refractivity contribution in [2.75, 3.05) is 0 Å². The number of allylic oxidation sites excluding steroid dienone is 3. The Balaban J connectivity index is 0.000000150. The van der Waals surface area contributed by atoms with Crippen molar-refractivity contribution in [3.63, 3.8) is 0 Å². The summed E-state index contributed by atoms with van der Waals surface area (Å²) < 4.78 is 31.7. The molecule has 27 heteroatoms. The fourth-order valence-electron chi connectivity index (χ4n) is 22.1. The van der Waals surface area contributed by atoms with Gasteiger partial charge >= 0.3 is 29.6 Å². The summed E-state index contributed by atoms with van der Waals surface area (Å²) in [7, 11) is 21.6. The Bertz CT molecular complexity index is 2690. The van der Waals surface area contributed by atoms with Crippen LogP contribution in [0.1, 0.15) is 187 Å². The molecular formula is C57H101BNaO11P14. The first-order valence-corrected chi connectivity index (χ1v) is 53.2. The van der Waals surface area contributed by atoms with Crippen LogP contribution in [0.4, 0.5) is 0 Å². The summed E-state index contributed by atoms with van der Waals surface area (Å²) in [4.78, 5) is 25.1. The van der Waals surface area contributed by atoms with Crippen LogP contribution in [-0.2, 0) is 32.6 Å². The number of carbonyl (C=O) groups is 2. The molecule has 0 aromatic heterocycles. The van der Waals surface area contributed by atoms with E-state index in [-0.39, 0.29) is 163 Å². The maximum atomic E-state index is 12.6. The molecule has 14 aliphatic rings. The maximum Gasteiger partial charge on any atom is 1.00 e. The van der Waals surface area contributed by atoms with Crippen molar-refractivity contribution in [1.82, 2.24) is 0 Å². The van der Waals surface area contributed by atoms with Gasteiger partial charge in [-0.25, -0.2) is 0 Å². The Morgan fingerprint density at radius 1 is 0.619 bits per heavy atom. The van der Waals surface area contributed by atoms with Crippen molar-refractivity contribution in [1.29, 1.82) is 0 Å². The third kappa shape index (κ3) is 9.44. The monoisotopic (exact) mass is 1430 g/mol. The molecule has 4 N–H and O–H groups in total. The summed E-state index contributed by atoms with van der Waals surface area (Å²) >= 11 is 0. The normalized spacial score (nSPS) is 50.3. The van der Waals surface area contributed by atoms with Crippen LogP contribution in [0.25, 0.3) is 0 Å². The van der Waals surface area contributed by atoms with E-state index in [0.717, 1.165) is 103 Å². The Hall–Kier alpha value is 5.54. The third-order valence-corrected chi connectivity index (χ3v) is 76.3. The summed E-state index contributed by atoms with van der Waals surface area (Å²) in [6.45, 7) is 26.7. The largest absolute Gasteiger partial charge is 1.00 e. The van der Waals surface area contributed by atoms with Crippen LogP contribution in [0.2, 0.25) is 0 Å². The zero-order chi connectivity index (χ0) is 60.2. The van der Waals surface area contributed by atoms with Gasteiger partial charge in [0.2, 0.25) is 0 Å². The van der Waals surface area contributed by atoms with Crippen molar-refractivity contribution < 1.29 is 84.0 Å². The van der Waals surface area contributed by atoms with Crippen LogP contribution in [0.15, 0.2) is 23.3 Å². The van der Waals surface area contributed by atoms with Gasteiger partial charge in [0, 0.05) is 60.5 Å². The number of Topliss-reactive ketones (excluding diaryl/α,β-unsaturated/α-hetero) is 2. The average Bonchev–Trinajstić information content (AvgIpc) is 1.48. The number of hydrogen-bond acceptors (Lipinski definition) is 11. The quantitative estimate of drug-likeness (QED) is 0.0711. The molecule has 0 aromatic carbocycles. The molecule has 8 bridgehead atoms. The van der Waals surface area contributed by atoms with E-state index in [1.54, 1.807) is 0 Å². The van der Waals surface area contributed by atoms with Crippen LogP contribution >= 0.6 is 116 Å². The molecule has 469 valence electrons. The molecule has 12 aliphatic carbocycles. The molecule has 20 unspecified atom stereocenters. The summed E-state index contributed by atoms with van der Waals surface area (Å²) in [5.41, 5.74) is -2.42. The molecular weight excluding hydrogens is 1330 g/mol. The van der Waals surface area contributed by atoms with E-state index in [4.69, 9.17) is 23.0 Å². The molecule has 10 saturated carbocycles. The van der Waals surface area contributed by atoms with Gasteiger partial charge < -0.3 is 44.9 Å². The van der Waals surface area contributed by atoms with E-state index in [2.05, 4.69) is 158 Å². The smallest absolute Gasteiger partial charge is 1.00 e. The molecule has 12 fully saturated rings. The Labute approximate surface area is 555 Å². The number of ether oxygens (including phenoxy) is 2. The summed E-state index contributed by atoms with van der Waals surface area (Å²) in [6, 6.07) is 0. The third-order valence-electron chi connectivity index (χ3n) is 27.4. The Morgan fingerprint density at radius 2 is 1.17 bits per heavy atom. The molecule has 84 heavy (non-hydrogen) atoms. The first kappa shape index (κ1) is 73.8. The molecule has 3 spiro atoms. The number of ketones is 2. The topological polar surface area (TPSA) is 168 Å². The molecule has 2 heterocycles. The molecule has 2 aliphatic heterocycles. The van der Waals surface area contributed by atoms with Crippen molar-refractivity contribution in [3.8, 4) is 0 Å². The van der Waals surface area contributed by atoms with E-state index >= 15 is 0 Å². The predicted molar refractivity (Wildman–Crippen MR) is 379 cm³/mol. The van der Waals surface area contributed by atoms with E-state index in [1.807, 2.05) is 0 Å². The Kier molecular flexibility index (Phi) is 21.5. The SMILES string of the molecule is CC1(C)C2CCC1(C)[C@@]13O[C@@H]1CC[C@@]3(O)C2=O.CC1(C)C2CCC1(C)[C@@]13O[C@@H]1CC[C@@]3(O)[C@H]2OPP.CC12CCC(C(=O)[C@]3(O)CCC=C13)C2(C)C.CC1=CCC2[C@H](OPP)[C@]3(O)CC[C@@H](OP(P(P)P)P(PP)P(P)P)C3(C1)C2(C)C.[B].[H-].[Na+]. The van der Waals surface area contributed by atoms with Crippen LogP contribution in [0, 0.1) is 67.0 Å². The summed E-state index contributed by atoms with van der Waals surface area (Å²) in [6.07, 6.45) is 19.5. The molecule has 2 saturated heterocycles. The number of epoxide rings is 2. The summed E-state index contributed by atoms with van der Waals surface area (Å²) in [5.74, 6) is 1.01. The number of hydrogen-bond donors (Lipinski definition) is 4. The van der Waals surface area contributed by atoms with Crippen molar-refractivity contribution in [2.24, 2.45) is 67.0 Å². The minimum atomic E-state index is -1.18. The van der Waals surface area contributed by atoms with E-state index < -0.39 is 35.5 Å². The predicted octanol–water partition coefficient (Wildman–Crippen LogP) is 12.9. The molecule has 14 rings (SSSR count). The van der Waals surface area contributed by atoms with Gasteiger partial charge in [-0.05, 0) is 168 Å². The van der Waals surface area contributed by atoms with Gasteiger partial charge in [-0.2, -0.15) is 0 Å². The second-order valence-electron chi connectivity index (χ2n) is 30.3. The second kappa shape index (κ2) is 24.5. The minimum Gasteiger partial charge on any atom is -1.00 e. The van der Waals surface area contributed by atoms with Gasteiger partial charge in [0.05, 0.1) is 38.0 Å². The van der Waals surface area contributed by atoms with Crippen LogP contribution < -0.4 is 29.6 Å². The molecule has 3 radical (unpaired) electrons. The number of fused-ring (bicyclic) bond motifs is 9. The van der Waals surface area contributed by atoms with Gasteiger partial charge in [0.15, 0.2) is 17.2 Å². The van der Waals surface area contributed by atoms with E-state index in [9.17, 15) is 30.0 Å². The number of carbonyl (C=O) groups excluding carboxylic acids is 2. The van der Waals surface area contributed by atoms with E-state index in [0.29, 0.717) is 41.7 Å². The standard InChI is InChI=1S/C15H36O3P12.C14H24O3P2.C14H20O3.C14H20O2.B.Na.H/c1-9-4-5-10-12(17-25-19)15(16)7-6-11(14(15,8-9)13(10,2)3)18-27(28(21)22)30(26-20)29(23)24;1-11(2)8-4-6-12(11,3)14-9(16-14)5-7-13(14,15)10(8)17-19-18;1-11(2)8-4-6-12(11,3)14-9(17-14)5-7-13(14,16)10(8)15;1-12(2)9-6-8-13(12,3)10-5-4-7-14(10,16)11(9)15;;;/h4,10-12,16,25-26H,5-8,19-24H2,1-3H3;8-10,15,19H,4-7,18H2,1-3H3;8-9,16H,4-7H2,1-3H3;5,9,16H,4,6-8H2,1-3H3;;;/q;;;;;+1;-1/t10?,11-,12+,14?,15-,27?,30?;8?,9-,10+,12?,13-,14+;8?,9-,12?,13-,14+;9?,13?,14-;;;/m1110.../s1. The molecule has 31 atom stereocenters. The minimum absolute atomic E-state index is 0. The van der Waals surface area contributed by atoms with Crippen LogP contribution in [0.3, 0.4) is 0 Å².